The van der Waals surface area contributed by atoms with Gasteiger partial charge >= 0.3 is 0 Å². The van der Waals surface area contributed by atoms with Crippen LogP contribution in [-0.4, -0.2) is 0 Å². The minimum Gasteiger partial charge on any atom is -0.0872 e. The number of hydrogen-bond donors (Lipinski definition) is 0. The quantitative estimate of drug-likeness (QED) is 0.450. The zero-order chi connectivity index (χ0) is 18.1. The van der Waals surface area contributed by atoms with Crippen molar-refractivity contribution in [2.45, 2.75) is 39.0 Å². The lowest BCUT2D eigenvalue weighted by Gasteiger charge is -2.52. The molecule has 0 N–H and O–H groups in total. The molecule has 2 bridgehead atoms. The maximum atomic E-state index is 2.36. The molecule has 0 unspecified atom stereocenters. The molecule has 0 aromatic heterocycles. The molecule has 0 atom stereocenters. The van der Waals surface area contributed by atoms with Crippen LogP contribution >= 0.6 is 0 Å². The molecule has 0 radical (unpaired) electrons. The SMILES string of the molecule is C/C=C(\C)C12c3ccccc3C(c3ccccc31)c1c(C)ccc(C)c12. The van der Waals surface area contributed by atoms with Crippen LogP contribution in [0.25, 0.3) is 0 Å². The molecule has 3 aromatic carbocycles. The third kappa shape index (κ3) is 1.61. The maximum Gasteiger partial charge on any atom is 0.0670 e. The van der Waals surface area contributed by atoms with Crippen molar-refractivity contribution in [2.75, 3.05) is 0 Å². The number of benzene rings is 3. The maximum absolute atomic E-state index is 2.36. The molecule has 0 heterocycles. The molecule has 6 rings (SSSR count). The molecule has 0 heteroatoms. The van der Waals surface area contributed by atoms with E-state index in [-0.39, 0.29) is 5.41 Å². The van der Waals surface area contributed by atoms with Crippen molar-refractivity contribution in [1.82, 2.24) is 0 Å². The Bertz CT molecular complexity index is 1030. The second-order valence-electron chi connectivity index (χ2n) is 7.82. The highest BCUT2D eigenvalue weighted by molar-refractivity contribution is 5.77. The zero-order valence-electron chi connectivity index (χ0n) is 15.9. The Hall–Kier alpha value is -2.60. The van der Waals surface area contributed by atoms with Gasteiger partial charge in [0.05, 0.1) is 5.41 Å². The summed E-state index contributed by atoms with van der Waals surface area (Å²) in [5, 5.41) is 0. The summed E-state index contributed by atoms with van der Waals surface area (Å²) >= 11 is 0. The van der Waals surface area contributed by atoms with Gasteiger partial charge in [-0.25, -0.2) is 0 Å². The van der Waals surface area contributed by atoms with Crippen molar-refractivity contribution < 1.29 is 0 Å². The van der Waals surface area contributed by atoms with E-state index in [1.807, 2.05) is 0 Å². The van der Waals surface area contributed by atoms with Gasteiger partial charge in [0.1, 0.15) is 0 Å². The van der Waals surface area contributed by atoms with Crippen LogP contribution in [0, 0.1) is 13.8 Å². The Kier molecular flexibility index (Phi) is 3.13. The van der Waals surface area contributed by atoms with Gasteiger partial charge in [-0.1, -0.05) is 72.3 Å². The fourth-order valence-corrected chi connectivity index (χ4v) is 5.61. The van der Waals surface area contributed by atoms with Crippen LogP contribution < -0.4 is 0 Å². The Balaban J connectivity index is 2.08. The van der Waals surface area contributed by atoms with Crippen LogP contribution in [0.1, 0.15) is 64.3 Å². The van der Waals surface area contributed by atoms with Crippen molar-refractivity contribution in [3.8, 4) is 0 Å². The van der Waals surface area contributed by atoms with E-state index in [0.29, 0.717) is 5.92 Å². The van der Waals surface area contributed by atoms with Gasteiger partial charge in [-0.2, -0.15) is 0 Å². The van der Waals surface area contributed by atoms with Gasteiger partial charge in [0, 0.05) is 5.92 Å². The van der Waals surface area contributed by atoms with Gasteiger partial charge in [0.2, 0.25) is 0 Å². The number of rotatable bonds is 1. The average molecular weight is 336 g/mol. The molecule has 128 valence electrons. The summed E-state index contributed by atoms with van der Waals surface area (Å²) in [5.74, 6) is 0.351. The van der Waals surface area contributed by atoms with Gasteiger partial charge in [-0.05, 0) is 72.2 Å². The van der Waals surface area contributed by atoms with Crippen molar-refractivity contribution in [3.63, 3.8) is 0 Å². The molecule has 0 saturated carbocycles. The van der Waals surface area contributed by atoms with Crippen molar-refractivity contribution >= 4 is 0 Å². The molecule has 0 nitrogen and oxygen atoms in total. The van der Waals surface area contributed by atoms with Crippen LogP contribution in [0.5, 0.6) is 0 Å². The smallest absolute Gasteiger partial charge is 0.0670 e. The molecule has 0 saturated heterocycles. The topological polar surface area (TPSA) is 0 Å². The third-order valence-corrected chi connectivity index (χ3v) is 6.71. The van der Waals surface area contributed by atoms with Crippen LogP contribution in [0.15, 0.2) is 72.3 Å². The summed E-state index contributed by atoms with van der Waals surface area (Å²) < 4.78 is 0. The highest BCUT2D eigenvalue weighted by atomic mass is 14.5. The van der Waals surface area contributed by atoms with Crippen molar-refractivity contribution in [3.05, 3.63) is 117 Å². The molecule has 0 fully saturated rings. The van der Waals surface area contributed by atoms with E-state index in [0.717, 1.165) is 0 Å². The summed E-state index contributed by atoms with van der Waals surface area (Å²) in [7, 11) is 0. The van der Waals surface area contributed by atoms with E-state index in [1.54, 1.807) is 0 Å². The molecule has 3 aliphatic carbocycles. The Morgan fingerprint density at radius 2 is 1.35 bits per heavy atom. The van der Waals surface area contributed by atoms with Crippen molar-refractivity contribution in [1.29, 1.82) is 0 Å². The second-order valence-corrected chi connectivity index (χ2v) is 7.82. The van der Waals surface area contributed by atoms with E-state index in [4.69, 9.17) is 0 Å². The van der Waals surface area contributed by atoms with Gasteiger partial charge in [0.25, 0.3) is 0 Å². The first-order chi connectivity index (χ1) is 12.6. The van der Waals surface area contributed by atoms with Crippen LogP contribution in [0.2, 0.25) is 0 Å². The lowest BCUT2D eigenvalue weighted by Crippen LogP contribution is -2.44. The minimum absolute atomic E-state index is 0.165. The average Bonchev–Trinajstić information content (AvgIpc) is 2.69. The van der Waals surface area contributed by atoms with Gasteiger partial charge in [-0.15, -0.1) is 0 Å². The largest absolute Gasteiger partial charge is 0.0872 e. The molecule has 0 spiro atoms. The molecule has 3 aliphatic rings. The molecular weight excluding hydrogens is 312 g/mol. The van der Waals surface area contributed by atoms with Crippen molar-refractivity contribution in [2.24, 2.45) is 0 Å². The molecular formula is C26H24. The number of allylic oxidation sites excluding steroid dienone is 2. The second kappa shape index (κ2) is 5.20. The van der Waals surface area contributed by atoms with E-state index < -0.39 is 0 Å². The highest BCUT2D eigenvalue weighted by Gasteiger charge is 2.53. The number of aryl methyl sites for hydroxylation is 2. The minimum atomic E-state index is -0.165. The molecule has 0 aliphatic heterocycles. The van der Waals surface area contributed by atoms with Gasteiger partial charge in [-0.3, -0.25) is 0 Å². The van der Waals surface area contributed by atoms with Crippen LogP contribution in [0.3, 0.4) is 0 Å². The fourth-order valence-electron chi connectivity index (χ4n) is 5.61. The fraction of sp³-hybridized carbons (Fsp3) is 0.231. The van der Waals surface area contributed by atoms with Crippen LogP contribution in [0.4, 0.5) is 0 Å². The summed E-state index contributed by atoms with van der Waals surface area (Å²) in [4.78, 5) is 0. The van der Waals surface area contributed by atoms with E-state index in [2.05, 4.69) is 94.4 Å². The number of hydrogen-bond acceptors (Lipinski definition) is 0. The summed E-state index contributed by atoms with van der Waals surface area (Å²) in [6, 6.07) is 22.8. The Morgan fingerprint density at radius 1 is 0.808 bits per heavy atom. The highest BCUT2D eigenvalue weighted by Crippen LogP contribution is 2.62. The first-order valence-corrected chi connectivity index (χ1v) is 9.55. The lowest BCUT2D eigenvalue weighted by atomic mass is 9.49. The summed E-state index contributed by atoms with van der Waals surface area (Å²) in [5.41, 5.74) is 13.0. The summed E-state index contributed by atoms with van der Waals surface area (Å²) in [6.45, 7) is 9.06. The molecule has 3 aromatic rings. The Morgan fingerprint density at radius 3 is 1.92 bits per heavy atom. The third-order valence-electron chi connectivity index (χ3n) is 6.71. The molecule has 0 amide bonds. The standard InChI is InChI=1S/C26H24/c1-5-18(4)26-21-12-8-6-10-19(21)24(20-11-7-9-13-22(20)26)23-16(2)14-15-17(3)25(23)26/h5-15,24H,1-4H3/b18-5+. The molecule has 26 heavy (non-hydrogen) atoms. The lowest BCUT2D eigenvalue weighted by molar-refractivity contribution is 0.610. The predicted molar refractivity (Wildman–Crippen MR) is 109 cm³/mol. The van der Waals surface area contributed by atoms with Gasteiger partial charge in [0.15, 0.2) is 0 Å². The van der Waals surface area contributed by atoms with E-state index >= 15 is 0 Å². The van der Waals surface area contributed by atoms with E-state index in [1.165, 1.54) is 50.1 Å². The first-order valence-electron chi connectivity index (χ1n) is 9.55. The zero-order valence-corrected chi connectivity index (χ0v) is 15.9. The van der Waals surface area contributed by atoms with E-state index in [9.17, 15) is 0 Å². The normalized spacial score (nSPS) is 22.6. The van der Waals surface area contributed by atoms with Crippen LogP contribution in [-0.2, 0) is 5.41 Å². The Labute approximate surface area is 156 Å². The first kappa shape index (κ1) is 15.6. The monoisotopic (exact) mass is 336 g/mol. The predicted octanol–water partition coefficient (Wildman–Crippen LogP) is 6.41. The van der Waals surface area contributed by atoms with Gasteiger partial charge < -0.3 is 0 Å². The summed E-state index contributed by atoms with van der Waals surface area (Å²) in [6.07, 6.45) is 2.31.